The van der Waals surface area contributed by atoms with E-state index in [1.165, 1.54) is 0 Å². The number of nitro groups is 1. The van der Waals surface area contributed by atoms with E-state index >= 15 is 0 Å². The molecule has 1 heterocycles. The van der Waals surface area contributed by atoms with Gasteiger partial charge in [0.05, 0.1) is 4.92 Å². The van der Waals surface area contributed by atoms with Gasteiger partial charge in [-0.2, -0.15) is 4.98 Å². The first kappa shape index (κ1) is 13.7. The van der Waals surface area contributed by atoms with Gasteiger partial charge < -0.3 is 10.1 Å². The van der Waals surface area contributed by atoms with Crippen LogP contribution in [0.2, 0.25) is 0 Å². The predicted octanol–water partition coefficient (Wildman–Crippen LogP) is 2.92. The normalized spacial score (nSPS) is 10.1. The number of hydrogen-bond donors (Lipinski definition) is 1. The molecule has 0 aliphatic heterocycles. The van der Waals surface area contributed by atoms with Gasteiger partial charge in [0.15, 0.2) is 0 Å². The maximum Gasteiger partial charge on any atom is 0.352 e. The molecule has 0 aliphatic carbocycles. The molecule has 2 aromatic rings. The van der Waals surface area contributed by atoms with Gasteiger partial charge in [0.2, 0.25) is 5.95 Å². The van der Waals surface area contributed by atoms with Crippen LogP contribution >= 0.6 is 0 Å². The molecule has 0 atom stereocenters. The summed E-state index contributed by atoms with van der Waals surface area (Å²) in [5.74, 6) is 0.724. The summed E-state index contributed by atoms with van der Waals surface area (Å²) in [5.41, 5.74) is 0.0300. The standard InChI is InChI=1S/C13H14N4O3/c1-3-14-13-15-9(2)11(17(18)19)12(16-13)20-10-7-5-4-6-8-10/h4-8H,3H2,1-2H3,(H,14,15,16). The van der Waals surface area contributed by atoms with Crippen LogP contribution in [0.1, 0.15) is 12.6 Å². The number of hydrogen-bond acceptors (Lipinski definition) is 6. The molecule has 0 aliphatic rings. The summed E-state index contributed by atoms with van der Waals surface area (Å²) in [4.78, 5) is 18.7. The van der Waals surface area contributed by atoms with Crippen molar-refractivity contribution in [1.29, 1.82) is 0 Å². The summed E-state index contributed by atoms with van der Waals surface area (Å²) in [6.45, 7) is 4.05. The number of ether oxygens (including phenoxy) is 1. The lowest BCUT2D eigenvalue weighted by Crippen LogP contribution is -2.07. The van der Waals surface area contributed by atoms with Crippen molar-refractivity contribution in [3.05, 3.63) is 46.1 Å². The number of aromatic nitrogens is 2. The molecule has 7 nitrogen and oxygen atoms in total. The first-order valence-electron chi connectivity index (χ1n) is 6.11. The van der Waals surface area contributed by atoms with Gasteiger partial charge in [-0.25, -0.2) is 4.98 Å². The van der Waals surface area contributed by atoms with Crippen LogP contribution < -0.4 is 10.1 Å². The van der Waals surface area contributed by atoms with E-state index in [0.717, 1.165) is 0 Å². The largest absolute Gasteiger partial charge is 0.434 e. The highest BCUT2D eigenvalue weighted by molar-refractivity contribution is 5.50. The van der Waals surface area contributed by atoms with Crippen LogP contribution in [0.25, 0.3) is 0 Å². The Kier molecular flexibility index (Phi) is 4.09. The van der Waals surface area contributed by atoms with Gasteiger partial charge in [-0.3, -0.25) is 10.1 Å². The Morgan fingerprint density at radius 1 is 1.30 bits per heavy atom. The van der Waals surface area contributed by atoms with Crippen LogP contribution in [0, 0.1) is 17.0 Å². The van der Waals surface area contributed by atoms with Crippen molar-refractivity contribution in [2.45, 2.75) is 13.8 Å². The van der Waals surface area contributed by atoms with E-state index < -0.39 is 4.92 Å². The fourth-order valence-corrected chi connectivity index (χ4v) is 1.66. The molecule has 20 heavy (non-hydrogen) atoms. The monoisotopic (exact) mass is 274 g/mol. The third-order valence-corrected chi connectivity index (χ3v) is 2.50. The maximum absolute atomic E-state index is 11.1. The second-order valence-corrected chi connectivity index (χ2v) is 3.99. The van der Waals surface area contributed by atoms with Crippen LogP contribution in [0.4, 0.5) is 11.6 Å². The summed E-state index contributed by atoms with van der Waals surface area (Å²) in [6.07, 6.45) is 0. The second kappa shape index (κ2) is 5.96. The van der Waals surface area contributed by atoms with Crippen molar-refractivity contribution < 1.29 is 9.66 Å². The Morgan fingerprint density at radius 3 is 2.60 bits per heavy atom. The molecule has 0 radical (unpaired) electrons. The molecule has 0 fully saturated rings. The highest BCUT2D eigenvalue weighted by Crippen LogP contribution is 2.32. The second-order valence-electron chi connectivity index (χ2n) is 3.99. The van der Waals surface area contributed by atoms with Crippen molar-refractivity contribution in [3.8, 4) is 11.6 Å². The van der Waals surface area contributed by atoms with E-state index in [1.807, 2.05) is 13.0 Å². The maximum atomic E-state index is 11.1. The zero-order valence-electron chi connectivity index (χ0n) is 11.2. The Bertz CT molecular complexity index is 617. The molecule has 0 spiro atoms. The Morgan fingerprint density at radius 2 is 2.00 bits per heavy atom. The Balaban J connectivity index is 2.45. The Hall–Kier alpha value is -2.70. The first-order valence-corrected chi connectivity index (χ1v) is 6.11. The topological polar surface area (TPSA) is 90.2 Å². The summed E-state index contributed by atoms with van der Waals surface area (Å²) in [6, 6.07) is 8.79. The summed E-state index contributed by atoms with van der Waals surface area (Å²) < 4.78 is 5.51. The van der Waals surface area contributed by atoms with Crippen LogP contribution in [0.3, 0.4) is 0 Å². The minimum Gasteiger partial charge on any atom is -0.434 e. The van der Waals surface area contributed by atoms with Crippen molar-refractivity contribution in [3.63, 3.8) is 0 Å². The summed E-state index contributed by atoms with van der Waals surface area (Å²) >= 11 is 0. The van der Waals surface area contributed by atoms with E-state index in [4.69, 9.17) is 4.74 Å². The lowest BCUT2D eigenvalue weighted by Gasteiger charge is -2.09. The van der Waals surface area contributed by atoms with Gasteiger partial charge in [0.1, 0.15) is 11.4 Å². The van der Waals surface area contributed by atoms with Crippen molar-refractivity contribution in [2.24, 2.45) is 0 Å². The number of nitrogens with one attached hydrogen (secondary N) is 1. The molecule has 104 valence electrons. The molecule has 1 N–H and O–H groups in total. The molecule has 1 aromatic heterocycles. The SMILES string of the molecule is CCNc1nc(C)c([N+](=O)[O-])c(Oc2ccccc2)n1. The number of rotatable bonds is 5. The average Bonchev–Trinajstić information content (AvgIpc) is 2.39. The predicted molar refractivity (Wildman–Crippen MR) is 74.1 cm³/mol. The van der Waals surface area contributed by atoms with Crippen molar-refractivity contribution >= 4 is 11.6 Å². The van der Waals surface area contributed by atoms with Crippen LogP contribution in [-0.2, 0) is 0 Å². The summed E-state index contributed by atoms with van der Waals surface area (Å²) in [5, 5.41) is 14.0. The Labute approximate surface area is 115 Å². The third-order valence-electron chi connectivity index (χ3n) is 2.50. The zero-order chi connectivity index (χ0) is 14.5. The molecule has 0 amide bonds. The molecular formula is C13H14N4O3. The molecule has 0 bridgehead atoms. The molecule has 0 unspecified atom stereocenters. The number of anilines is 1. The minimum absolute atomic E-state index is 0.0651. The molecule has 2 rings (SSSR count). The third kappa shape index (κ3) is 3.00. The lowest BCUT2D eigenvalue weighted by molar-refractivity contribution is -0.386. The van der Waals surface area contributed by atoms with E-state index in [2.05, 4.69) is 15.3 Å². The molecule has 0 saturated carbocycles. The van der Waals surface area contributed by atoms with E-state index in [-0.39, 0.29) is 17.3 Å². The first-order chi connectivity index (χ1) is 9.61. The molecular weight excluding hydrogens is 260 g/mol. The number of para-hydroxylation sites is 1. The average molecular weight is 274 g/mol. The van der Waals surface area contributed by atoms with Crippen LogP contribution in [0.5, 0.6) is 11.6 Å². The van der Waals surface area contributed by atoms with Crippen LogP contribution in [-0.4, -0.2) is 21.4 Å². The minimum atomic E-state index is -0.538. The van der Waals surface area contributed by atoms with Gasteiger partial charge in [-0.15, -0.1) is 0 Å². The van der Waals surface area contributed by atoms with E-state index in [9.17, 15) is 10.1 Å². The summed E-state index contributed by atoms with van der Waals surface area (Å²) in [7, 11) is 0. The van der Waals surface area contributed by atoms with Crippen molar-refractivity contribution in [1.82, 2.24) is 9.97 Å². The molecule has 0 saturated heterocycles. The van der Waals surface area contributed by atoms with Gasteiger partial charge in [0.25, 0.3) is 0 Å². The van der Waals surface area contributed by atoms with Crippen LogP contribution in [0.15, 0.2) is 30.3 Å². The van der Waals surface area contributed by atoms with E-state index in [1.54, 1.807) is 31.2 Å². The van der Waals surface area contributed by atoms with Crippen molar-refractivity contribution in [2.75, 3.05) is 11.9 Å². The fourth-order valence-electron chi connectivity index (χ4n) is 1.66. The van der Waals surface area contributed by atoms with Gasteiger partial charge >= 0.3 is 11.6 Å². The van der Waals surface area contributed by atoms with E-state index in [0.29, 0.717) is 18.2 Å². The number of aryl methyl sites for hydroxylation is 1. The fraction of sp³-hybridized carbons (Fsp3) is 0.231. The van der Waals surface area contributed by atoms with Gasteiger partial charge in [0, 0.05) is 6.54 Å². The lowest BCUT2D eigenvalue weighted by atomic mass is 10.3. The van der Waals surface area contributed by atoms with Gasteiger partial charge in [-0.05, 0) is 26.0 Å². The highest BCUT2D eigenvalue weighted by Gasteiger charge is 2.24. The quantitative estimate of drug-likeness (QED) is 0.666. The number of benzene rings is 1. The number of nitrogens with zero attached hydrogens (tertiary/aromatic N) is 3. The smallest absolute Gasteiger partial charge is 0.352 e. The molecule has 7 heteroatoms. The zero-order valence-corrected chi connectivity index (χ0v) is 11.2. The van der Waals surface area contributed by atoms with Gasteiger partial charge in [-0.1, -0.05) is 18.2 Å². The molecule has 1 aromatic carbocycles. The highest BCUT2D eigenvalue weighted by atomic mass is 16.6.